The number of halogens is 1. The smallest absolute Gasteiger partial charge is 0.0606 e. The highest BCUT2D eigenvalue weighted by Gasteiger charge is 2.41. The standard InChI is InChI=1S/C9H11BrN2/c1-6-7(10)2-3-8(12-6)9(11)4-5-9/h2-3H,4-5,11H2,1H3. The lowest BCUT2D eigenvalue weighted by Gasteiger charge is -2.08. The highest BCUT2D eigenvalue weighted by molar-refractivity contribution is 9.10. The van der Waals surface area contributed by atoms with E-state index in [0.717, 1.165) is 28.7 Å². The van der Waals surface area contributed by atoms with Gasteiger partial charge in [-0.3, -0.25) is 4.98 Å². The van der Waals surface area contributed by atoms with E-state index < -0.39 is 0 Å². The molecule has 0 aliphatic heterocycles. The predicted octanol–water partition coefficient (Wildman–Crippen LogP) is 2.10. The van der Waals surface area contributed by atoms with Gasteiger partial charge in [0.2, 0.25) is 0 Å². The lowest BCUT2D eigenvalue weighted by atomic mass is 10.1. The maximum atomic E-state index is 6.01. The van der Waals surface area contributed by atoms with Crippen molar-refractivity contribution in [2.24, 2.45) is 5.73 Å². The van der Waals surface area contributed by atoms with Gasteiger partial charge in [-0.05, 0) is 47.8 Å². The summed E-state index contributed by atoms with van der Waals surface area (Å²) in [6.07, 6.45) is 2.14. The van der Waals surface area contributed by atoms with Crippen molar-refractivity contribution in [3.05, 3.63) is 28.0 Å². The van der Waals surface area contributed by atoms with Gasteiger partial charge in [-0.1, -0.05) is 0 Å². The summed E-state index contributed by atoms with van der Waals surface area (Å²) < 4.78 is 1.05. The quantitative estimate of drug-likeness (QED) is 0.797. The molecule has 1 heterocycles. The van der Waals surface area contributed by atoms with E-state index >= 15 is 0 Å². The van der Waals surface area contributed by atoms with Gasteiger partial charge in [0.05, 0.1) is 16.9 Å². The molecule has 0 aromatic carbocycles. The van der Waals surface area contributed by atoms with Crippen molar-refractivity contribution < 1.29 is 0 Å². The summed E-state index contributed by atoms with van der Waals surface area (Å²) in [4.78, 5) is 4.43. The molecule has 1 aliphatic rings. The summed E-state index contributed by atoms with van der Waals surface area (Å²) >= 11 is 3.41. The Balaban J connectivity index is 2.41. The van der Waals surface area contributed by atoms with Crippen LogP contribution in [0.3, 0.4) is 0 Å². The molecular formula is C9H11BrN2. The van der Waals surface area contributed by atoms with E-state index in [4.69, 9.17) is 5.73 Å². The van der Waals surface area contributed by atoms with Gasteiger partial charge in [-0.15, -0.1) is 0 Å². The normalized spacial score (nSPS) is 19.2. The zero-order chi connectivity index (χ0) is 8.77. The Morgan fingerprint density at radius 1 is 1.50 bits per heavy atom. The molecule has 12 heavy (non-hydrogen) atoms. The van der Waals surface area contributed by atoms with Gasteiger partial charge in [0.15, 0.2) is 0 Å². The van der Waals surface area contributed by atoms with Crippen LogP contribution in [0, 0.1) is 6.92 Å². The minimum atomic E-state index is -0.106. The summed E-state index contributed by atoms with van der Waals surface area (Å²) in [6.45, 7) is 1.99. The van der Waals surface area contributed by atoms with Gasteiger partial charge >= 0.3 is 0 Å². The van der Waals surface area contributed by atoms with E-state index in [0.29, 0.717) is 0 Å². The van der Waals surface area contributed by atoms with Crippen LogP contribution in [0.2, 0.25) is 0 Å². The van der Waals surface area contributed by atoms with Gasteiger partial charge in [0, 0.05) is 4.47 Å². The molecule has 1 fully saturated rings. The van der Waals surface area contributed by atoms with Crippen LogP contribution < -0.4 is 5.73 Å². The Labute approximate surface area is 80.3 Å². The lowest BCUT2D eigenvalue weighted by molar-refractivity contribution is 0.703. The maximum Gasteiger partial charge on any atom is 0.0606 e. The largest absolute Gasteiger partial charge is 0.320 e. The molecule has 0 bridgehead atoms. The molecule has 2 rings (SSSR count). The Morgan fingerprint density at radius 3 is 2.67 bits per heavy atom. The molecule has 64 valence electrons. The first-order valence-electron chi connectivity index (χ1n) is 4.04. The van der Waals surface area contributed by atoms with E-state index in [1.165, 1.54) is 0 Å². The molecule has 1 saturated carbocycles. The first-order chi connectivity index (χ1) is 5.62. The molecule has 0 saturated heterocycles. The monoisotopic (exact) mass is 226 g/mol. The van der Waals surface area contributed by atoms with E-state index in [-0.39, 0.29) is 5.54 Å². The highest BCUT2D eigenvalue weighted by atomic mass is 79.9. The molecular weight excluding hydrogens is 216 g/mol. The fraction of sp³-hybridized carbons (Fsp3) is 0.444. The lowest BCUT2D eigenvalue weighted by Crippen LogP contribution is -2.20. The summed E-state index contributed by atoms with van der Waals surface area (Å²) in [5, 5.41) is 0. The molecule has 0 atom stereocenters. The number of pyridine rings is 1. The number of nitrogens with zero attached hydrogens (tertiary/aromatic N) is 1. The number of aryl methyl sites for hydroxylation is 1. The average molecular weight is 227 g/mol. The fourth-order valence-electron chi connectivity index (χ4n) is 1.21. The average Bonchev–Trinajstić information content (AvgIpc) is 2.75. The molecule has 0 unspecified atom stereocenters. The summed E-state index contributed by atoms with van der Waals surface area (Å²) in [5.74, 6) is 0. The van der Waals surface area contributed by atoms with Crippen molar-refractivity contribution in [3.8, 4) is 0 Å². The highest BCUT2D eigenvalue weighted by Crippen LogP contribution is 2.41. The molecule has 0 amide bonds. The Kier molecular flexibility index (Phi) is 1.73. The van der Waals surface area contributed by atoms with Crippen LogP contribution in [0.5, 0.6) is 0 Å². The van der Waals surface area contributed by atoms with Crippen LogP contribution in [0.15, 0.2) is 16.6 Å². The van der Waals surface area contributed by atoms with Crippen molar-refractivity contribution in [3.63, 3.8) is 0 Å². The van der Waals surface area contributed by atoms with Gasteiger partial charge in [-0.2, -0.15) is 0 Å². The zero-order valence-electron chi connectivity index (χ0n) is 6.97. The molecule has 1 aromatic rings. The summed E-state index contributed by atoms with van der Waals surface area (Å²) in [6, 6.07) is 4.02. The van der Waals surface area contributed by atoms with E-state index in [1.807, 2.05) is 19.1 Å². The SMILES string of the molecule is Cc1nc(C2(N)CC2)ccc1Br. The van der Waals surface area contributed by atoms with E-state index in [9.17, 15) is 0 Å². The molecule has 2 N–H and O–H groups in total. The number of nitrogens with two attached hydrogens (primary N) is 1. The van der Waals surface area contributed by atoms with Crippen LogP contribution in [0.1, 0.15) is 24.2 Å². The number of hydrogen-bond donors (Lipinski definition) is 1. The molecule has 0 radical (unpaired) electrons. The van der Waals surface area contributed by atoms with Crippen molar-refractivity contribution >= 4 is 15.9 Å². The van der Waals surface area contributed by atoms with Crippen LogP contribution >= 0.6 is 15.9 Å². The fourth-order valence-corrected chi connectivity index (χ4v) is 1.43. The number of aromatic nitrogens is 1. The Bertz CT molecular complexity index is 318. The van der Waals surface area contributed by atoms with Crippen molar-refractivity contribution in [2.45, 2.75) is 25.3 Å². The van der Waals surface area contributed by atoms with Gasteiger partial charge in [-0.25, -0.2) is 0 Å². The molecule has 3 heteroatoms. The molecule has 1 aliphatic carbocycles. The second-order valence-corrected chi connectivity index (χ2v) is 4.27. The second-order valence-electron chi connectivity index (χ2n) is 3.42. The first-order valence-corrected chi connectivity index (χ1v) is 4.84. The van der Waals surface area contributed by atoms with Crippen molar-refractivity contribution in [1.29, 1.82) is 0 Å². The van der Waals surface area contributed by atoms with Crippen LogP contribution in [-0.2, 0) is 5.54 Å². The molecule has 0 spiro atoms. The third-order valence-corrected chi connectivity index (χ3v) is 3.16. The van der Waals surface area contributed by atoms with Gasteiger partial charge in [0.1, 0.15) is 0 Å². The van der Waals surface area contributed by atoms with Gasteiger partial charge in [0.25, 0.3) is 0 Å². The van der Waals surface area contributed by atoms with Crippen LogP contribution in [0.25, 0.3) is 0 Å². The number of rotatable bonds is 1. The van der Waals surface area contributed by atoms with Crippen molar-refractivity contribution in [2.75, 3.05) is 0 Å². The Morgan fingerprint density at radius 2 is 2.17 bits per heavy atom. The second kappa shape index (κ2) is 2.54. The van der Waals surface area contributed by atoms with Crippen LogP contribution in [-0.4, -0.2) is 4.98 Å². The van der Waals surface area contributed by atoms with E-state index in [2.05, 4.69) is 20.9 Å². The van der Waals surface area contributed by atoms with Crippen molar-refractivity contribution in [1.82, 2.24) is 4.98 Å². The van der Waals surface area contributed by atoms with Crippen LogP contribution in [0.4, 0.5) is 0 Å². The molecule has 1 aromatic heterocycles. The third kappa shape index (κ3) is 1.27. The van der Waals surface area contributed by atoms with Gasteiger partial charge < -0.3 is 5.73 Å². The zero-order valence-corrected chi connectivity index (χ0v) is 8.56. The predicted molar refractivity (Wildman–Crippen MR) is 51.8 cm³/mol. The summed E-state index contributed by atoms with van der Waals surface area (Å²) in [7, 11) is 0. The molecule has 2 nitrogen and oxygen atoms in total. The Hall–Kier alpha value is -0.410. The maximum absolute atomic E-state index is 6.01. The minimum Gasteiger partial charge on any atom is -0.320 e. The summed E-state index contributed by atoms with van der Waals surface area (Å²) in [5.41, 5.74) is 7.95. The topological polar surface area (TPSA) is 38.9 Å². The van der Waals surface area contributed by atoms with E-state index in [1.54, 1.807) is 0 Å². The first kappa shape index (κ1) is 8.20. The third-order valence-electron chi connectivity index (χ3n) is 2.32. The number of hydrogen-bond acceptors (Lipinski definition) is 2. The minimum absolute atomic E-state index is 0.106.